The van der Waals surface area contributed by atoms with Gasteiger partial charge in [-0.05, 0) is 36.6 Å². The van der Waals surface area contributed by atoms with E-state index in [0.717, 1.165) is 36.3 Å². The summed E-state index contributed by atoms with van der Waals surface area (Å²) in [5, 5.41) is 8.64. The Labute approximate surface area is 204 Å². The molecule has 1 aromatic heterocycles. The van der Waals surface area contributed by atoms with E-state index in [2.05, 4.69) is 29.4 Å². The molecule has 1 aliphatic heterocycles. The normalized spacial score (nSPS) is 15.0. The van der Waals surface area contributed by atoms with E-state index in [0.29, 0.717) is 29.0 Å². The number of allylic oxidation sites excluding steroid dienone is 1. The number of anilines is 1. The number of nitrogens with zero attached hydrogens (tertiary/aromatic N) is 3. The van der Waals surface area contributed by atoms with Gasteiger partial charge in [-0.1, -0.05) is 67.6 Å². The Balaban J connectivity index is 1.55. The number of carbonyl (C=O) groups is 1. The highest BCUT2D eigenvalue weighted by Gasteiger charge is 2.35. The van der Waals surface area contributed by atoms with Gasteiger partial charge in [0.25, 0.3) is 0 Å². The fourth-order valence-corrected chi connectivity index (χ4v) is 4.77. The summed E-state index contributed by atoms with van der Waals surface area (Å²) in [6.07, 6.45) is 3.06. The number of carbonyl (C=O) groups excluding carboxylic acids is 1. The molecule has 178 valence electrons. The van der Waals surface area contributed by atoms with Crippen LogP contribution in [-0.2, 0) is 16.0 Å². The number of nitrogens with one attached hydrogen (secondary N) is 1. The van der Waals surface area contributed by atoms with Crippen LogP contribution in [0, 0.1) is 0 Å². The molecule has 1 aliphatic rings. The van der Waals surface area contributed by atoms with Crippen LogP contribution >= 0.6 is 11.8 Å². The van der Waals surface area contributed by atoms with E-state index >= 15 is 0 Å². The molecule has 1 unspecified atom stereocenters. The zero-order chi connectivity index (χ0) is 23.9. The highest BCUT2D eigenvalue weighted by atomic mass is 32.2. The van der Waals surface area contributed by atoms with Crippen molar-refractivity contribution < 1.29 is 14.3 Å². The lowest BCUT2D eigenvalue weighted by molar-refractivity contribution is -0.136. The Morgan fingerprint density at radius 3 is 2.62 bits per heavy atom. The molecule has 0 saturated heterocycles. The van der Waals surface area contributed by atoms with Crippen LogP contribution in [-0.4, -0.2) is 40.2 Å². The Kier molecular flexibility index (Phi) is 7.90. The van der Waals surface area contributed by atoms with Crippen LogP contribution in [0.2, 0.25) is 0 Å². The number of benzene rings is 2. The van der Waals surface area contributed by atoms with Crippen LogP contribution in [0.5, 0.6) is 5.75 Å². The maximum absolute atomic E-state index is 12.7. The van der Waals surface area contributed by atoms with Crippen LogP contribution in [0.1, 0.15) is 43.9 Å². The third-order valence-electron chi connectivity index (χ3n) is 5.67. The minimum atomic E-state index is -0.435. The van der Waals surface area contributed by atoms with Crippen molar-refractivity contribution in [3.8, 4) is 5.75 Å². The zero-order valence-electron chi connectivity index (χ0n) is 19.8. The molecule has 2 heterocycles. The van der Waals surface area contributed by atoms with E-state index in [4.69, 9.17) is 14.6 Å². The third-order valence-corrected chi connectivity index (χ3v) is 6.59. The molecule has 4 rings (SSSR count). The van der Waals surface area contributed by atoms with Gasteiger partial charge < -0.3 is 14.8 Å². The van der Waals surface area contributed by atoms with Crippen molar-refractivity contribution in [2.75, 3.05) is 24.8 Å². The van der Waals surface area contributed by atoms with Crippen LogP contribution in [0.4, 0.5) is 5.95 Å². The fraction of sp³-hybridized carbons (Fsp3) is 0.346. The van der Waals surface area contributed by atoms with E-state index in [1.807, 2.05) is 49.4 Å². The maximum atomic E-state index is 12.7. The molecule has 0 aliphatic carbocycles. The molecule has 0 radical (unpaired) electrons. The molecule has 0 spiro atoms. The van der Waals surface area contributed by atoms with Crippen molar-refractivity contribution in [3.63, 3.8) is 0 Å². The molecule has 3 aromatic rings. The standard InChI is InChI=1S/C26H30N4O3S/c1-4-5-17-34-26-28-25-27-18(2)22(24(31)32-3)23(30(25)29-26)20-11-13-21(14-12-20)33-16-15-19-9-7-6-8-10-19/h6-14,23H,4-5,15-17H2,1-3H3,(H,27,28,29). The molecule has 34 heavy (non-hydrogen) atoms. The van der Waals surface area contributed by atoms with E-state index in [-0.39, 0.29) is 5.97 Å². The van der Waals surface area contributed by atoms with Gasteiger partial charge in [0, 0.05) is 17.9 Å². The van der Waals surface area contributed by atoms with E-state index in [9.17, 15) is 4.79 Å². The van der Waals surface area contributed by atoms with Gasteiger partial charge in [-0.2, -0.15) is 4.98 Å². The average Bonchev–Trinajstić information content (AvgIpc) is 3.26. The molecule has 7 nitrogen and oxygen atoms in total. The number of unbranched alkanes of at least 4 members (excludes halogenated alkanes) is 1. The molecular weight excluding hydrogens is 448 g/mol. The highest BCUT2D eigenvalue weighted by Crippen LogP contribution is 2.37. The van der Waals surface area contributed by atoms with Gasteiger partial charge in [0.1, 0.15) is 11.8 Å². The van der Waals surface area contributed by atoms with Crippen LogP contribution < -0.4 is 10.1 Å². The largest absolute Gasteiger partial charge is 0.493 e. The van der Waals surface area contributed by atoms with E-state index < -0.39 is 6.04 Å². The predicted molar refractivity (Wildman–Crippen MR) is 134 cm³/mol. The number of rotatable bonds is 10. The number of methoxy groups -OCH3 is 1. The van der Waals surface area contributed by atoms with Crippen molar-refractivity contribution in [1.82, 2.24) is 14.8 Å². The minimum absolute atomic E-state index is 0.389. The molecule has 0 saturated carbocycles. The summed E-state index contributed by atoms with van der Waals surface area (Å²) in [6, 6.07) is 17.6. The van der Waals surface area contributed by atoms with E-state index in [1.165, 1.54) is 12.7 Å². The molecule has 2 aromatic carbocycles. The number of esters is 1. The first kappa shape index (κ1) is 23.9. The van der Waals surface area contributed by atoms with Crippen molar-refractivity contribution in [1.29, 1.82) is 0 Å². The summed E-state index contributed by atoms with van der Waals surface area (Å²) in [5.74, 6) is 1.97. The summed E-state index contributed by atoms with van der Waals surface area (Å²) in [5.41, 5.74) is 3.38. The van der Waals surface area contributed by atoms with Gasteiger partial charge in [-0.15, -0.1) is 5.10 Å². The van der Waals surface area contributed by atoms with Crippen molar-refractivity contribution in [2.45, 2.75) is 44.3 Å². The van der Waals surface area contributed by atoms with Gasteiger partial charge in [0.2, 0.25) is 11.1 Å². The van der Waals surface area contributed by atoms with Gasteiger partial charge in [0.15, 0.2) is 0 Å². The Bertz CT molecular complexity index is 1140. The molecule has 0 bridgehead atoms. The predicted octanol–water partition coefficient (Wildman–Crippen LogP) is 5.25. The van der Waals surface area contributed by atoms with Crippen LogP contribution in [0.15, 0.2) is 71.0 Å². The molecule has 1 N–H and O–H groups in total. The summed E-state index contributed by atoms with van der Waals surface area (Å²) in [6.45, 7) is 4.62. The molecular formula is C26H30N4O3S. The molecule has 1 atom stereocenters. The van der Waals surface area contributed by atoms with Crippen molar-refractivity contribution in [2.24, 2.45) is 0 Å². The number of hydrogen-bond donors (Lipinski definition) is 1. The summed E-state index contributed by atoms with van der Waals surface area (Å²) < 4.78 is 12.8. The number of aromatic nitrogens is 3. The number of hydrogen-bond acceptors (Lipinski definition) is 7. The first-order valence-electron chi connectivity index (χ1n) is 11.5. The Morgan fingerprint density at radius 2 is 1.91 bits per heavy atom. The second kappa shape index (κ2) is 11.2. The SMILES string of the molecule is CCCCSc1nc2n(n1)C(c1ccc(OCCc3ccccc3)cc1)C(C(=O)OC)=C(C)N2. The van der Waals surface area contributed by atoms with Gasteiger partial charge in [-0.25, -0.2) is 9.48 Å². The van der Waals surface area contributed by atoms with Crippen LogP contribution in [0.25, 0.3) is 0 Å². The van der Waals surface area contributed by atoms with Gasteiger partial charge >= 0.3 is 5.97 Å². The van der Waals surface area contributed by atoms with Crippen LogP contribution in [0.3, 0.4) is 0 Å². The lowest BCUT2D eigenvalue weighted by Gasteiger charge is -2.27. The Hall–Kier alpha value is -3.26. The second-order valence-corrected chi connectivity index (χ2v) is 9.14. The highest BCUT2D eigenvalue weighted by molar-refractivity contribution is 7.99. The van der Waals surface area contributed by atoms with Gasteiger partial charge in [-0.3, -0.25) is 0 Å². The molecule has 0 fully saturated rings. The minimum Gasteiger partial charge on any atom is -0.493 e. The first-order chi connectivity index (χ1) is 16.6. The Morgan fingerprint density at radius 1 is 1.15 bits per heavy atom. The topological polar surface area (TPSA) is 78.3 Å². The fourth-order valence-electron chi connectivity index (χ4n) is 3.86. The van der Waals surface area contributed by atoms with E-state index in [1.54, 1.807) is 16.4 Å². The third kappa shape index (κ3) is 5.44. The monoisotopic (exact) mass is 478 g/mol. The summed E-state index contributed by atoms with van der Waals surface area (Å²) in [7, 11) is 1.40. The maximum Gasteiger partial charge on any atom is 0.338 e. The van der Waals surface area contributed by atoms with Crippen molar-refractivity contribution >= 4 is 23.7 Å². The second-order valence-electron chi connectivity index (χ2n) is 8.08. The first-order valence-corrected chi connectivity index (χ1v) is 12.5. The lowest BCUT2D eigenvalue weighted by Crippen LogP contribution is -2.29. The zero-order valence-corrected chi connectivity index (χ0v) is 20.6. The molecule has 8 heteroatoms. The van der Waals surface area contributed by atoms with Crippen molar-refractivity contribution in [3.05, 3.63) is 77.0 Å². The number of thioether (sulfide) groups is 1. The quantitative estimate of drug-likeness (QED) is 0.242. The summed E-state index contributed by atoms with van der Waals surface area (Å²) in [4.78, 5) is 17.4. The van der Waals surface area contributed by atoms with Gasteiger partial charge in [0.05, 0.1) is 19.3 Å². The number of ether oxygens (including phenoxy) is 2. The lowest BCUT2D eigenvalue weighted by atomic mass is 9.96. The molecule has 0 amide bonds. The average molecular weight is 479 g/mol. The smallest absolute Gasteiger partial charge is 0.338 e. The number of fused-ring (bicyclic) bond motifs is 1. The summed E-state index contributed by atoms with van der Waals surface area (Å²) >= 11 is 1.62.